The van der Waals surface area contributed by atoms with Gasteiger partial charge in [0.15, 0.2) is 24.2 Å². The molecule has 1 aromatic rings. The first kappa shape index (κ1) is 25.7. The largest absolute Gasteiger partial charge is 0.477 e. The molecule has 0 unspecified atom stereocenters. The Morgan fingerprint density at radius 2 is 1.63 bits per heavy atom. The fourth-order valence-corrected chi connectivity index (χ4v) is 3.70. The maximum absolute atomic E-state index is 12.8. The minimum Gasteiger partial charge on any atom is -0.477 e. The van der Waals surface area contributed by atoms with Crippen LogP contribution in [0.4, 0.5) is 0 Å². The summed E-state index contributed by atoms with van der Waals surface area (Å²) in [6.07, 6.45) is -2.93. The summed E-state index contributed by atoms with van der Waals surface area (Å²) < 4.78 is 32.8. The summed E-state index contributed by atoms with van der Waals surface area (Å²) in [6.45, 7) is 4.72. The fraction of sp³-hybridized carbons (Fsp3) is 0.458. The molecule has 35 heavy (non-hydrogen) atoms. The molecular weight excluding hydrogens is 462 g/mol. The Labute approximate surface area is 202 Å². The molecule has 0 saturated carbocycles. The highest BCUT2D eigenvalue weighted by atomic mass is 16.6. The lowest BCUT2D eigenvalue weighted by Crippen LogP contribution is -2.54. The average molecular weight is 489 g/mol. The van der Waals surface area contributed by atoms with Crippen LogP contribution in [0.3, 0.4) is 0 Å². The summed E-state index contributed by atoms with van der Waals surface area (Å²) >= 11 is 0. The number of carbonyl (C=O) groups excluding carboxylic acids is 4. The van der Waals surface area contributed by atoms with Crippen LogP contribution < -0.4 is 0 Å². The highest BCUT2D eigenvalue weighted by molar-refractivity contribution is 5.87. The number of esters is 4. The first-order chi connectivity index (χ1) is 16.6. The van der Waals surface area contributed by atoms with Crippen LogP contribution >= 0.6 is 0 Å². The predicted molar refractivity (Wildman–Crippen MR) is 119 cm³/mol. The molecule has 0 saturated heterocycles. The molecule has 3 rings (SSSR count). The van der Waals surface area contributed by atoms with Gasteiger partial charge in [0.1, 0.15) is 25.4 Å². The molecule has 0 amide bonds. The van der Waals surface area contributed by atoms with E-state index in [0.717, 1.165) is 19.4 Å². The summed E-state index contributed by atoms with van der Waals surface area (Å²) in [7, 11) is 0. The molecule has 2 aliphatic heterocycles. The summed E-state index contributed by atoms with van der Waals surface area (Å²) in [5, 5.41) is 0. The maximum atomic E-state index is 12.8. The van der Waals surface area contributed by atoms with Crippen molar-refractivity contribution in [1.29, 1.82) is 0 Å². The number of nitrogens with zero attached hydrogens (tertiary/aromatic N) is 1. The number of hydrogen-bond donors (Lipinski definition) is 0. The van der Waals surface area contributed by atoms with E-state index in [4.69, 9.17) is 28.4 Å². The summed E-state index contributed by atoms with van der Waals surface area (Å²) in [4.78, 5) is 52.3. The van der Waals surface area contributed by atoms with Crippen molar-refractivity contribution in [2.45, 2.75) is 64.8 Å². The topological polar surface area (TPSA) is 136 Å². The van der Waals surface area contributed by atoms with E-state index in [1.54, 1.807) is 19.1 Å². The Morgan fingerprint density at radius 1 is 0.943 bits per heavy atom. The van der Waals surface area contributed by atoms with Gasteiger partial charge in [-0.15, -0.1) is 0 Å². The Kier molecular flexibility index (Phi) is 8.45. The first-order valence-electron chi connectivity index (χ1n) is 10.9. The van der Waals surface area contributed by atoms with Crippen molar-refractivity contribution in [3.63, 3.8) is 0 Å². The van der Waals surface area contributed by atoms with E-state index in [-0.39, 0.29) is 12.4 Å². The Morgan fingerprint density at radius 3 is 2.26 bits per heavy atom. The fourth-order valence-electron chi connectivity index (χ4n) is 3.70. The van der Waals surface area contributed by atoms with Crippen molar-refractivity contribution >= 4 is 29.8 Å². The Hall–Kier alpha value is -3.89. The number of fused-ring (bicyclic) bond motifs is 1. The normalized spacial score (nSPS) is 22.1. The van der Waals surface area contributed by atoms with Gasteiger partial charge in [-0.05, 0) is 5.56 Å². The van der Waals surface area contributed by atoms with Gasteiger partial charge >= 0.3 is 23.9 Å². The molecule has 0 fully saturated rings. The van der Waals surface area contributed by atoms with Crippen LogP contribution in [-0.2, 0) is 54.2 Å². The van der Waals surface area contributed by atoms with Crippen molar-refractivity contribution < 1.29 is 47.6 Å². The number of carbonyl (C=O) groups is 4. The summed E-state index contributed by atoms with van der Waals surface area (Å²) in [5.41, 5.74) is 0.775. The zero-order valence-electron chi connectivity index (χ0n) is 19.8. The van der Waals surface area contributed by atoms with Gasteiger partial charge in [0.2, 0.25) is 5.76 Å². The minimum atomic E-state index is -1.29. The monoisotopic (exact) mass is 489 g/mol. The molecule has 188 valence electrons. The molecular formula is C24H27NO10. The second kappa shape index (κ2) is 11.5. The molecule has 11 nitrogen and oxygen atoms in total. The third kappa shape index (κ3) is 7.05. The number of benzene rings is 1. The number of ether oxygens (including phenoxy) is 6. The van der Waals surface area contributed by atoms with Crippen LogP contribution in [0.2, 0.25) is 0 Å². The van der Waals surface area contributed by atoms with Crippen LogP contribution in [0, 0.1) is 0 Å². The van der Waals surface area contributed by atoms with Crippen LogP contribution in [-0.4, -0.2) is 66.8 Å². The Balaban J connectivity index is 1.87. The minimum absolute atomic E-state index is 0.00538. The first-order valence-corrected chi connectivity index (χ1v) is 10.9. The smallest absolute Gasteiger partial charge is 0.373 e. The molecule has 0 spiro atoms. The van der Waals surface area contributed by atoms with Crippen LogP contribution in [0.15, 0.2) is 47.2 Å². The van der Waals surface area contributed by atoms with Crippen molar-refractivity contribution in [2.75, 3.05) is 6.61 Å². The van der Waals surface area contributed by atoms with E-state index in [9.17, 15) is 19.2 Å². The molecule has 0 aromatic heterocycles. The quantitative estimate of drug-likeness (QED) is 0.372. The molecule has 5 atom stereocenters. The van der Waals surface area contributed by atoms with Crippen LogP contribution in [0.5, 0.6) is 0 Å². The third-order valence-corrected chi connectivity index (χ3v) is 5.06. The number of hydrogen-bond acceptors (Lipinski definition) is 11. The summed E-state index contributed by atoms with van der Waals surface area (Å²) in [6, 6.07) is 8.33. The lowest BCUT2D eigenvalue weighted by Gasteiger charge is -2.37. The van der Waals surface area contributed by atoms with Crippen molar-refractivity contribution in [3.05, 3.63) is 47.7 Å². The molecule has 0 bridgehead atoms. The maximum Gasteiger partial charge on any atom is 0.373 e. The molecule has 1 aromatic carbocycles. The molecule has 0 aliphatic carbocycles. The highest BCUT2D eigenvalue weighted by Crippen LogP contribution is 2.32. The van der Waals surface area contributed by atoms with Crippen LogP contribution in [0.1, 0.15) is 33.3 Å². The molecule has 2 heterocycles. The molecule has 0 radical (unpaired) electrons. The van der Waals surface area contributed by atoms with Gasteiger partial charge in [-0.3, -0.25) is 14.4 Å². The zero-order valence-corrected chi connectivity index (χ0v) is 19.8. The lowest BCUT2D eigenvalue weighted by atomic mass is 9.94. The summed E-state index contributed by atoms with van der Waals surface area (Å²) in [5.74, 6) is -2.66. The SMILES string of the molecule is CC(=O)OC[C@@H](OC(C)=O)[C@@H](OC(C)=O)[C@@H]1OC(C(=O)OCc2ccccc2)=C[C@H]2OC(C)=N[C@@H]12. The van der Waals surface area contributed by atoms with E-state index in [2.05, 4.69) is 4.99 Å². The van der Waals surface area contributed by atoms with E-state index < -0.39 is 60.9 Å². The molecule has 2 aliphatic rings. The second-order valence-corrected chi connectivity index (χ2v) is 7.92. The average Bonchev–Trinajstić information content (AvgIpc) is 3.18. The van der Waals surface area contributed by atoms with Crippen molar-refractivity contribution in [2.24, 2.45) is 4.99 Å². The van der Waals surface area contributed by atoms with Gasteiger partial charge in [-0.2, -0.15) is 0 Å². The standard InChI is InChI=1S/C24H27NO10/c1-13-25-21-18(32-13)10-19(24(29)31-11-17-8-6-5-7-9-17)35-23(21)22(34-16(4)28)20(33-15(3)27)12-30-14(2)26/h5-10,18,20-23H,11-12H2,1-4H3/t18-,20-,21-,22-,23-/m1/s1. The Bertz CT molecular complexity index is 1020. The van der Waals surface area contributed by atoms with Gasteiger partial charge in [0.05, 0.1) is 0 Å². The number of rotatable bonds is 9. The third-order valence-electron chi connectivity index (χ3n) is 5.06. The lowest BCUT2D eigenvalue weighted by molar-refractivity contribution is -0.188. The van der Waals surface area contributed by atoms with E-state index >= 15 is 0 Å². The van der Waals surface area contributed by atoms with Gasteiger partial charge < -0.3 is 28.4 Å². The van der Waals surface area contributed by atoms with Gasteiger partial charge in [-0.25, -0.2) is 9.79 Å². The van der Waals surface area contributed by atoms with E-state index in [1.165, 1.54) is 13.0 Å². The van der Waals surface area contributed by atoms with Gasteiger partial charge in [0.25, 0.3) is 0 Å². The number of aliphatic imine (C=N–C) groups is 1. The van der Waals surface area contributed by atoms with Crippen molar-refractivity contribution in [3.8, 4) is 0 Å². The van der Waals surface area contributed by atoms with Crippen LogP contribution in [0.25, 0.3) is 0 Å². The molecule has 0 N–H and O–H groups in total. The van der Waals surface area contributed by atoms with E-state index in [1.807, 2.05) is 18.2 Å². The predicted octanol–water partition coefficient (Wildman–Crippen LogP) is 1.62. The van der Waals surface area contributed by atoms with E-state index in [0.29, 0.717) is 5.90 Å². The van der Waals surface area contributed by atoms with Crippen molar-refractivity contribution in [1.82, 2.24) is 0 Å². The second-order valence-electron chi connectivity index (χ2n) is 7.92. The highest BCUT2D eigenvalue weighted by Gasteiger charge is 2.50. The zero-order chi connectivity index (χ0) is 25.5. The molecule has 11 heteroatoms. The van der Waals surface area contributed by atoms with Gasteiger partial charge in [0, 0.05) is 33.8 Å². The van der Waals surface area contributed by atoms with Gasteiger partial charge in [-0.1, -0.05) is 30.3 Å².